The highest BCUT2D eigenvalue weighted by molar-refractivity contribution is 6.39. The zero-order chi connectivity index (χ0) is 10.7. The predicted octanol–water partition coefficient (Wildman–Crippen LogP) is 1.83. The van der Waals surface area contributed by atoms with E-state index in [9.17, 15) is 9.59 Å². The minimum atomic E-state index is -0.572. The van der Waals surface area contributed by atoms with Crippen molar-refractivity contribution in [3.63, 3.8) is 0 Å². The molecule has 1 N–H and O–H groups in total. The van der Waals surface area contributed by atoms with Gasteiger partial charge in [-0.2, -0.15) is 0 Å². The Labute approximate surface area is 83.1 Å². The van der Waals surface area contributed by atoms with E-state index in [1.165, 1.54) is 6.92 Å². The molecule has 0 aliphatic heterocycles. The highest BCUT2D eigenvalue weighted by atomic mass is 16.2. The number of ketones is 1. The van der Waals surface area contributed by atoms with Crippen molar-refractivity contribution in [2.24, 2.45) is 0 Å². The highest BCUT2D eigenvalue weighted by Crippen LogP contribution is 2.15. The first-order chi connectivity index (χ1) is 6.50. The van der Waals surface area contributed by atoms with Crippen molar-refractivity contribution in [1.82, 2.24) is 0 Å². The van der Waals surface area contributed by atoms with Gasteiger partial charge in [0, 0.05) is 12.6 Å². The maximum atomic E-state index is 11.1. The van der Waals surface area contributed by atoms with Crippen LogP contribution >= 0.6 is 0 Å². The number of rotatable bonds is 2. The lowest BCUT2D eigenvalue weighted by atomic mass is 10.1. The van der Waals surface area contributed by atoms with Crippen LogP contribution in [0.2, 0.25) is 0 Å². The molecule has 0 bridgehead atoms. The molecule has 1 aromatic carbocycles. The number of anilines is 1. The van der Waals surface area contributed by atoms with Gasteiger partial charge in [0.1, 0.15) is 0 Å². The first kappa shape index (κ1) is 10.4. The molecule has 0 fully saturated rings. The standard InChI is InChI=1S/C11H13NO2/c1-7-4-5-10(8(2)6-7)12-11(14)9(3)13/h4-6H,1-3H3,(H,12,14). The van der Waals surface area contributed by atoms with Crippen molar-refractivity contribution in [3.8, 4) is 0 Å². The smallest absolute Gasteiger partial charge is 0.291 e. The number of aryl methyl sites for hydroxylation is 2. The van der Waals surface area contributed by atoms with Gasteiger partial charge in [-0.1, -0.05) is 17.7 Å². The Bertz CT molecular complexity index is 383. The second-order valence-electron chi connectivity index (χ2n) is 3.33. The van der Waals surface area contributed by atoms with Crippen LogP contribution in [0.15, 0.2) is 18.2 Å². The fourth-order valence-electron chi connectivity index (χ4n) is 1.16. The van der Waals surface area contributed by atoms with Crippen LogP contribution in [0, 0.1) is 13.8 Å². The third kappa shape index (κ3) is 2.42. The van der Waals surface area contributed by atoms with Crippen LogP contribution in [-0.4, -0.2) is 11.7 Å². The topological polar surface area (TPSA) is 46.2 Å². The molecule has 0 atom stereocenters. The van der Waals surface area contributed by atoms with Gasteiger partial charge in [0.2, 0.25) is 5.78 Å². The molecule has 0 heterocycles. The molecule has 74 valence electrons. The fraction of sp³-hybridized carbons (Fsp3) is 0.273. The van der Waals surface area contributed by atoms with E-state index in [0.717, 1.165) is 11.1 Å². The molecular formula is C11H13NO2. The van der Waals surface area contributed by atoms with Crippen LogP contribution in [0.5, 0.6) is 0 Å². The minimum Gasteiger partial charge on any atom is -0.319 e. The number of carbonyl (C=O) groups excluding carboxylic acids is 2. The van der Waals surface area contributed by atoms with Gasteiger partial charge in [0.25, 0.3) is 5.91 Å². The number of benzene rings is 1. The van der Waals surface area contributed by atoms with Gasteiger partial charge in [-0.25, -0.2) is 0 Å². The van der Waals surface area contributed by atoms with Gasteiger partial charge >= 0.3 is 0 Å². The molecule has 0 aliphatic rings. The molecule has 14 heavy (non-hydrogen) atoms. The summed E-state index contributed by atoms with van der Waals surface area (Å²) in [6.07, 6.45) is 0. The SMILES string of the molecule is CC(=O)C(=O)Nc1ccc(C)cc1C. The van der Waals surface area contributed by atoms with Crippen molar-refractivity contribution in [3.05, 3.63) is 29.3 Å². The van der Waals surface area contributed by atoms with Gasteiger partial charge in [0.05, 0.1) is 0 Å². The summed E-state index contributed by atoms with van der Waals surface area (Å²) in [4.78, 5) is 21.8. The van der Waals surface area contributed by atoms with Crippen molar-refractivity contribution < 1.29 is 9.59 Å². The lowest BCUT2D eigenvalue weighted by molar-refractivity contribution is -0.133. The van der Waals surface area contributed by atoms with E-state index < -0.39 is 11.7 Å². The summed E-state index contributed by atoms with van der Waals surface area (Å²) >= 11 is 0. The second-order valence-corrected chi connectivity index (χ2v) is 3.33. The lowest BCUT2D eigenvalue weighted by Gasteiger charge is -2.06. The summed E-state index contributed by atoms with van der Waals surface area (Å²) in [6.45, 7) is 5.12. The van der Waals surface area contributed by atoms with E-state index in [-0.39, 0.29) is 0 Å². The Morgan fingerprint density at radius 1 is 1.21 bits per heavy atom. The lowest BCUT2D eigenvalue weighted by Crippen LogP contribution is -2.20. The van der Waals surface area contributed by atoms with E-state index in [1.54, 1.807) is 6.07 Å². The maximum Gasteiger partial charge on any atom is 0.291 e. The summed E-state index contributed by atoms with van der Waals surface area (Å²) < 4.78 is 0. The Balaban J connectivity index is 2.87. The van der Waals surface area contributed by atoms with E-state index in [1.807, 2.05) is 26.0 Å². The minimum absolute atomic E-state index is 0.482. The van der Waals surface area contributed by atoms with Gasteiger partial charge in [0.15, 0.2) is 0 Å². The molecule has 0 saturated carbocycles. The first-order valence-corrected chi connectivity index (χ1v) is 4.40. The van der Waals surface area contributed by atoms with Gasteiger partial charge < -0.3 is 5.32 Å². The van der Waals surface area contributed by atoms with Crippen LogP contribution in [-0.2, 0) is 9.59 Å². The van der Waals surface area contributed by atoms with E-state index in [0.29, 0.717) is 5.69 Å². The highest BCUT2D eigenvalue weighted by Gasteiger charge is 2.08. The fourth-order valence-corrected chi connectivity index (χ4v) is 1.16. The van der Waals surface area contributed by atoms with Crippen molar-refractivity contribution in [2.75, 3.05) is 5.32 Å². The van der Waals surface area contributed by atoms with Crippen LogP contribution in [0.3, 0.4) is 0 Å². The average molecular weight is 191 g/mol. The Kier molecular flexibility index (Phi) is 3.02. The predicted molar refractivity (Wildman–Crippen MR) is 55.2 cm³/mol. The molecule has 1 rings (SSSR count). The summed E-state index contributed by atoms with van der Waals surface area (Å²) in [7, 11) is 0. The average Bonchev–Trinajstić information content (AvgIpc) is 2.09. The summed E-state index contributed by atoms with van der Waals surface area (Å²) in [5.41, 5.74) is 2.78. The van der Waals surface area contributed by atoms with Gasteiger partial charge in [-0.15, -0.1) is 0 Å². The van der Waals surface area contributed by atoms with E-state index in [4.69, 9.17) is 0 Å². The van der Waals surface area contributed by atoms with Crippen molar-refractivity contribution >= 4 is 17.4 Å². The molecular weight excluding hydrogens is 178 g/mol. The zero-order valence-corrected chi connectivity index (χ0v) is 8.55. The van der Waals surface area contributed by atoms with Gasteiger partial charge in [-0.05, 0) is 25.5 Å². The number of carbonyl (C=O) groups is 2. The molecule has 3 heteroatoms. The second kappa shape index (κ2) is 4.05. The first-order valence-electron chi connectivity index (χ1n) is 4.40. The number of hydrogen-bond donors (Lipinski definition) is 1. The Morgan fingerprint density at radius 2 is 1.86 bits per heavy atom. The number of amides is 1. The molecule has 1 aromatic rings. The van der Waals surface area contributed by atoms with Crippen molar-refractivity contribution in [1.29, 1.82) is 0 Å². The number of Topliss-reactive ketones (excluding diaryl/α,β-unsaturated/α-hetero) is 1. The summed E-state index contributed by atoms with van der Waals surface area (Å²) in [5, 5.41) is 2.55. The van der Waals surface area contributed by atoms with Crippen LogP contribution in [0.1, 0.15) is 18.1 Å². The third-order valence-electron chi connectivity index (χ3n) is 1.95. The summed E-state index contributed by atoms with van der Waals surface area (Å²) in [6, 6.07) is 5.64. The summed E-state index contributed by atoms with van der Waals surface area (Å²) in [5.74, 6) is -1.05. The molecule has 0 radical (unpaired) electrons. The van der Waals surface area contributed by atoms with Crippen molar-refractivity contribution in [2.45, 2.75) is 20.8 Å². The molecule has 1 amide bonds. The third-order valence-corrected chi connectivity index (χ3v) is 1.95. The molecule has 0 aliphatic carbocycles. The Hall–Kier alpha value is -1.64. The number of nitrogens with one attached hydrogen (secondary N) is 1. The molecule has 0 spiro atoms. The van der Waals surface area contributed by atoms with E-state index in [2.05, 4.69) is 5.32 Å². The van der Waals surface area contributed by atoms with Crippen LogP contribution in [0.4, 0.5) is 5.69 Å². The molecule has 0 unspecified atom stereocenters. The normalized spacial score (nSPS) is 9.64. The quantitative estimate of drug-likeness (QED) is 0.725. The van der Waals surface area contributed by atoms with Gasteiger partial charge in [-0.3, -0.25) is 9.59 Å². The molecule has 0 aromatic heterocycles. The van der Waals surface area contributed by atoms with Crippen LogP contribution in [0.25, 0.3) is 0 Å². The molecule has 3 nitrogen and oxygen atoms in total. The number of hydrogen-bond acceptors (Lipinski definition) is 2. The maximum absolute atomic E-state index is 11.1. The monoisotopic (exact) mass is 191 g/mol. The largest absolute Gasteiger partial charge is 0.319 e. The molecule has 0 saturated heterocycles. The Morgan fingerprint density at radius 3 is 2.36 bits per heavy atom. The zero-order valence-electron chi connectivity index (χ0n) is 8.55. The van der Waals surface area contributed by atoms with E-state index >= 15 is 0 Å². The van der Waals surface area contributed by atoms with Crippen LogP contribution < -0.4 is 5.32 Å².